The molecule has 0 amide bonds. The number of aryl methyl sites for hydroxylation is 1. The van der Waals surface area contributed by atoms with Gasteiger partial charge in [-0.1, -0.05) is 78.1 Å². The zero-order chi connectivity index (χ0) is 21.6. The quantitative estimate of drug-likeness (QED) is 0.301. The molecule has 0 aliphatic heterocycles. The SMILES string of the molecule is [2H]c1c(CCCCCCCC)c(CCCCCCCC)cc(C(=O)O)c1C(=O)O. The smallest absolute Gasteiger partial charge is 0.336 e. The number of hydrogen-bond acceptors (Lipinski definition) is 2. The van der Waals surface area contributed by atoms with Gasteiger partial charge < -0.3 is 10.2 Å². The van der Waals surface area contributed by atoms with Crippen LogP contribution in [0.5, 0.6) is 0 Å². The molecule has 2 N–H and O–H groups in total. The lowest BCUT2D eigenvalue weighted by molar-refractivity contribution is 0.0651. The van der Waals surface area contributed by atoms with Gasteiger partial charge in [0, 0.05) is 0 Å². The van der Waals surface area contributed by atoms with Gasteiger partial charge in [-0.25, -0.2) is 9.59 Å². The molecule has 0 unspecified atom stereocenters. The third-order valence-electron chi connectivity index (χ3n) is 5.28. The van der Waals surface area contributed by atoms with E-state index >= 15 is 0 Å². The monoisotopic (exact) mass is 391 g/mol. The molecule has 0 spiro atoms. The number of carboxylic acid groups (broad SMARTS) is 2. The highest BCUT2D eigenvalue weighted by molar-refractivity contribution is 6.02. The molecule has 1 aromatic rings. The molecule has 1 rings (SSSR count). The summed E-state index contributed by atoms with van der Waals surface area (Å²) in [7, 11) is 0. The second kappa shape index (κ2) is 14.2. The fourth-order valence-corrected chi connectivity index (χ4v) is 3.59. The Morgan fingerprint density at radius 1 is 0.714 bits per heavy atom. The zero-order valence-corrected chi connectivity index (χ0v) is 17.7. The Morgan fingerprint density at radius 3 is 1.61 bits per heavy atom. The fraction of sp³-hybridized carbons (Fsp3) is 0.667. The first-order valence-electron chi connectivity index (χ1n) is 11.6. The summed E-state index contributed by atoms with van der Waals surface area (Å²) in [5, 5.41) is 19.0. The van der Waals surface area contributed by atoms with Crippen molar-refractivity contribution in [3.63, 3.8) is 0 Å². The van der Waals surface area contributed by atoms with Crippen molar-refractivity contribution in [1.82, 2.24) is 0 Å². The molecular formula is C24H38O4. The van der Waals surface area contributed by atoms with E-state index in [4.69, 9.17) is 1.37 Å². The van der Waals surface area contributed by atoms with E-state index in [1.165, 1.54) is 44.6 Å². The van der Waals surface area contributed by atoms with Crippen molar-refractivity contribution in [2.75, 3.05) is 0 Å². The summed E-state index contributed by atoms with van der Waals surface area (Å²) in [4.78, 5) is 23.2. The number of benzene rings is 1. The Morgan fingerprint density at radius 2 is 1.14 bits per heavy atom. The van der Waals surface area contributed by atoms with Crippen molar-refractivity contribution in [2.24, 2.45) is 0 Å². The number of unbranched alkanes of at least 4 members (excludes halogenated alkanes) is 10. The Bertz CT molecular complexity index is 655. The van der Waals surface area contributed by atoms with E-state index in [0.717, 1.165) is 49.7 Å². The molecule has 1 aromatic carbocycles. The highest BCUT2D eigenvalue weighted by atomic mass is 16.4. The molecule has 0 bridgehead atoms. The molecule has 4 nitrogen and oxygen atoms in total. The molecular weight excluding hydrogens is 352 g/mol. The Labute approximate surface area is 171 Å². The summed E-state index contributed by atoms with van der Waals surface area (Å²) in [6.07, 6.45) is 14.9. The van der Waals surface area contributed by atoms with Crippen LogP contribution in [0.1, 0.15) is 124 Å². The average Bonchev–Trinajstić information content (AvgIpc) is 2.67. The lowest BCUT2D eigenvalue weighted by Crippen LogP contribution is -2.11. The van der Waals surface area contributed by atoms with E-state index in [9.17, 15) is 19.8 Å². The van der Waals surface area contributed by atoms with Gasteiger partial charge in [0.05, 0.1) is 12.5 Å². The standard InChI is InChI=1S/C24H38O4/c1-3-5-7-9-11-13-15-19-17-21(23(25)26)22(24(27)28)18-20(19)16-14-12-10-8-6-4-2/h17-18H,3-16H2,1-2H3,(H,25,26)(H,27,28)/i17D. The minimum atomic E-state index is -1.33. The molecule has 0 saturated heterocycles. The molecule has 0 radical (unpaired) electrons. The first-order valence-corrected chi connectivity index (χ1v) is 11.1. The minimum Gasteiger partial charge on any atom is -0.478 e. The van der Waals surface area contributed by atoms with Gasteiger partial charge in [0.15, 0.2) is 0 Å². The van der Waals surface area contributed by atoms with Gasteiger partial charge in [0.25, 0.3) is 0 Å². The van der Waals surface area contributed by atoms with Gasteiger partial charge in [-0.15, -0.1) is 0 Å². The van der Waals surface area contributed by atoms with Crippen LogP contribution in [0.25, 0.3) is 0 Å². The molecule has 4 heteroatoms. The van der Waals surface area contributed by atoms with Crippen molar-refractivity contribution >= 4 is 11.9 Å². The van der Waals surface area contributed by atoms with Crippen LogP contribution in [0.15, 0.2) is 12.1 Å². The fourth-order valence-electron chi connectivity index (χ4n) is 3.59. The highest BCUT2D eigenvalue weighted by Crippen LogP contribution is 2.23. The number of carbonyl (C=O) groups is 2. The summed E-state index contributed by atoms with van der Waals surface area (Å²) in [5.74, 6) is -2.60. The maximum absolute atomic E-state index is 11.6. The van der Waals surface area contributed by atoms with E-state index in [0.29, 0.717) is 12.8 Å². The van der Waals surface area contributed by atoms with Gasteiger partial charge >= 0.3 is 11.9 Å². The van der Waals surface area contributed by atoms with Crippen LogP contribution in [-0.2, 0) is 12.8 Å². The van der Waals surface area contributed by atoms with Gasteiger partial charge in [-0.3, -0.25) is 0 Å². The van der Waals surface area contributed by atoms with Crippen LogP contribution in [0, 0.1) is 0 Å². The van der Waals surface area contributed by atoms with Gasteiger partial charge in [0.1, 0.15) is 0 Å². The van der Waals surface area contributed by atoms with Crippen molar-refractivity contribution in [3.8, 4) is 0 Å². The summed E-state index contributed by atoms with van der Waals surface area (Å²) in [6, 6.07) is 1.41. The van der Waals surface area contributed by atoms with E-state index in [-0.39, 0.29) is 17.2 Å². The van der Waals surface area contributed by atoms with E-state index < -0.39 is 11.9 Å². The molecule has 0 aliphatic carbocycles. The minimum absolute atomic E-state index is 0.105. The van der Waals surface area contributed by atoms with E-state index in [1.807, 2.05) is 0 Å². The number of rotatable bonds is 16. The maximum Gasteiger partial charge on any atom is 0.336 e. The van der Waals surface area contributed by atoms with Crippen LogP contribution in [0.3, 0.4) is 0 Å². The predicted molar refractivity (Wildman–Crippen MR) is 115 cm³/mol. The number of hydrogen-bond donors (Lipinski definition) is 2. The Balaban J connectivity index is 2.95. The average molecular weight is 392 g/mol. The predicted octanol–water partition coefficient (Wildman–Crippen LogP) is 6.89. The normalized spacial score (nSPS) is 11.4. The second-order valence-corrected chi connectivity index (χ2v) is 7.71. The van der Waals surface area contributed by atoms with Gasteiger partial charge in [-0.2, -0.15) is 0 Å². The summed E-state index contributed by atoms with van der Waals surface area (Å²) in [6.45, 7) is 4.36. The van der Waals surface area contributed by atoms with Crippen LogP contribution < -0.4 is 0 Å². The highest BCUT2D eigenvalue weighted by Gasteiger charge is 2.19. The Kier molecular flexibility index (Phi) is 11.4. The molecule has 0 aliphatic rings. The maximum atomic E-state index is 11.6. The molecule has 0 saturated carbocycles. The molecule has 0 fully saturated rings. The third kappa shape index (κ3) is 8.90. The first kappa shape index (κ1) is 22.4. The number of aromatic carboxylic acids is 2. The molecule has 0 heterocycles. The van der Waals surface area contributed by atoms with Crippen molar-refractivity contribution in [3.05, 3.63) is 34.4 Å². The molecule has 0 aromatic heterocycles. The molecule has 28 heavy (non-hydrogen) atoms. The molecule has 158 valence electrons. The van der Waals surface area contributed by atoms with Crippen LogP contribution in [0.4, 0.5) is 0 Å². The van der Waals surface area contributed by atoms with E-state index in [1.54, 1.807) is 0 Å². The van der Waals surface area contributed by atoms with E-state index in [2.05, 4.69) is 13.8 Å². The number of carboxylic acids is 2. The van der Waals surface area contributed by atoms with Gasteiger partial charge in [-0.05, 0) is 48.9 Å². The first-order chi connectivity index (χ1) is 13.9. The second-order valence-electron chi connectivity index (χ2n) is 7.71. The molecule has 0 atom stereocenters. The summed E-state index contributed by atoms with van der Waals surface area (Å²) in [5.41, 5.74) is 0.957. The van der Waals surface area contributed by atoms with Crippen molar-refractivity contribution in [2.45, 2.75) is 104 Å². The van der Waals surface area contributed by atoms with Crippen molar-refractivity contribution < 1.29 is 21.2 Å². The van der Waals surface area contributed by atoms with Crippen LogP contribution >= 0.6 is 0 Å². The van der Waals surface area contributed by atoms with Gasteiger partial charge in [0.2, 0.25) is 0 Å². The third-order valence-corrected chi connectivity index (χ3v) is 5.28. The Hall–Kier alpha value is -1.84. The lowest BCUT2D eigenvalue weighted by Gasteiger charge is -2.13. The van der Waals surface area contributed by atoms with Crippen molar-refractivity contribution in [1.29, 1.82) is 0 Å². The largest absolute Gasteiger partial charge is 0.478 e. The summed E-state index contributed by atoms with van der Waals surface area (Å²) < 4.78 is 8.43. The zero-order valence-electron chi connectivity index (χ0n) is 18.7. The lowest BCUT2D eigenvalue weighted by atomic mass is 9.91. The van der Waals surface area contributed by atoms with Crippen LogP contribution in [-0.4, -0.2) is 22.2 Å². The topological polar surface area (TPSA) is 74.6 Å². The van der Waals surface area contributed by atoms with Crippen LogP contribution in [0.2, 0.25) is 0 Å². The summed E-state index contributed by atoms with van der Waals surface area (Å²) >= 11 is 0.